The van der Waals surface area contributed by atoms with Gasteiger partial charge in [0.1, 0.15) is 7.85 Å². The summed E-state index contributed by atoms with van der Waals surface area (Å²) in [5, 5.41) is 5.73. The van der Waals surface area contributed by atoms with E-state index in [4.69, 9.17) is 7.85 Å². The molecule has 0 aromatic carbocycles. The first-order chi connectivity index (χ1) is 18.6. The van der Waals surface area contributed by atoms with Gasteiger partial charge in [0.2, 0.25) is 0 Å². The van der Waals surface area contributed by atoms with E-state index in [-0.39, 0.29) is 0 Å². The van der Waals surface area contributed by atoms with Crippen LogP contribution in [0.5, 0.6) is 0 Å². The molecule has 4 heterocycles. The van der Waals surface area contributed by atoms with E-state index < -0.39 is 0 Å². The van der Waals surface area contributed by atoms with Crippen molar-refractivity contribution in [1.29, 1.82) is 0 Å². The van der Waals surface area contributed by atoms with Crippen LogP contribution in [-0.4, -0.2) is 25.6 Å². The molecule has 6 heteroatoms. The number of hydrogen-bond acceptors (Lipinski definition) is 5. The van der Waals surface area contributed by atoms with Gasteiger partial charge in [0.25, 0.3) is 0 Å². The molecule has 0 saturated carbocycles. The molecule has 3 aromatic heterocycles. The summed E-state index contributed by atoms with van der Waals surface area (Å²) >= 11 is 3.70. The second-order valence-corrected chi connectivity index (χ2v) is 11.7. The monoisotopic (exact) mass is 537 g/mol. The molecule has 0 spiro atoms. The molecule has 0 amide bonds. The summed E-state index contributed by atoms with van der Waals surface area (Å²) in [6, 6.07) is 12.9. The molecular weight excluding hydrogens is 501 g/mol. The van der Waals surface area contributed by atoms with Gasteiger partial charge in [-0.05, 0) is 85.4 Å². The number of hydrogen-bond donors (Lipinski definition) is 1. The number of rotatable bonds is 12. The van der Waals surface area contributed by atoms with Crippen LogP contribution in [0.25, 0.3) is 9.75 Å². The molecule has 1 aliphatic heterocycles. The van der Waals surface area contributed by atoms with E-state index in [2.05, 4.69) is 89.2 Å². The minimum atomic E-state index is 0.466. The molecule has 0 aliphatic carbocycles. The van der Waals surface area contributed by atoms with Crippen LogP contribution in [0, 0.1) is 5.92 Å². The summed E-state index contributed by atoms with van der Waals surface area (Å²) in [5.41, 5.74) is 5.40. The van der Waals surface area contributed by atoms with E-state index in [0.29, 0.717) is 12.5 Å². The molecule has 1 aliphatic rings. The third kappa shape index (κ3) is 8.54. The number of aliphatic imine (C=N–C) groups is 1. The smallest absolute Gasteiger partial charge is 0.116 e. The highest BCUT2D eigenvalue weighted by Crippen LogP contribution is 2.32. The van der Waals surface area contributed by atoms with E-state index in [9.17, 15) is 0 Å². The van der Waals surface area contributed by atoms with Gasteiger partial charge in [-0.3, -0.25) is 9.98 Å². The van der Waals surface area contributed by atoms with Crippen molar-refractivity contribution in [3.63, 3.8) is 0 Å². The number of aromatic nitrogens is 1. The quantitative estimate of drug-likeness (QED) is 0.186. The lowest BCUT2D eigenvalue weighted by Crippen LogP contribution is -2.16. The fourth-order valence-electron chi connectivity index (χ4n) is 4.51. The Morgan fingerprint density at radius 2 is 2.00 bits per heavy atom. The van der Waals surface area contributed by atoms with E-state index in [0.717, 1.165) is 61.0 Å². The van der Waals surface area contributed by atoms with Crippen molar-refractivity contribution in [3.05, 3.63) is 111 Å². The Morgan fingerprint density at radius 1 is 1.08 bits per heavy atom. The van der Waals surface area contributed by atoms with Gasteiger partial charge in [-0.25, -0.2) is 0 Å². The van der Waals surface area contributed by atoms with Gasteiger partial charge in [-0.1, -0.05) is 54.8 Å². The zero-order valence-corrected chi connectivity index (χ0v) is 24.0. The number of nitrogens with one attached hydrogen (secondary N) is 1. The predicted molar refractivity (Wildman–Crippen MR) is 167 cm³/mol. The molecule has 2 radical (unpaired) electrons. The Labute approximate surface area is 237 Å². The van der Waals surface area contributed by atoms with E-state index in [1.165, 1.54) is 20.2 Å². The average molecular weight is 538 g/mol. The molecule has 0 bridgehead atoms. The molecule has 1 atom stereocenters. The third-order valence-corrected chi connectivity index (χ3v) is 8.79. The molecule has 4 rings (SSSR count). The molecule has 3 nitrogen and oxygen atoms in total. The zero-order valence-electron chi connectivity index (χ0n) is 22.4. The van der Waals surface area contributed by atoms with Crippen LogP contribution in [0.4, 0.5) is 0 Å². The fraction of sp³-hybridized carbons (Fsp3) is 0.312. The van der Waals surface area contributed by atoms with Gasteiger partial charge in [-0.2, -0.15) is 0 Å². The maximum atomic E-state index is 6.32. The highest BCUT2D eigenvalue weighted by molar-refractivity contribution is 7.21. The highest BCUT2D eigenvalue weighted by Gasteiger charge is 2.14. The van der Waals surface area contributed by atoms with Crippen molar-refractivity contribution in [2.24, 2.45) is 10.9 Å². The minimum Gasteiger partial charge on any atom is -0.383 e. The lowest BCUT2D eigenvalue weighted by molar-refractivity contribution is 0.522. The molecule has 0 fully saturated rings. The SMILES string of the molecule is [B]\C1=C(C)/C=C(C(CCC)CC/C=C\Cc2ccc(-c3cccs3)s2)\C=C(\NCc2cccnc2)CN=C1. The topological polar surface area (TPSA) is 37.3 Å². The first kappa shape index (κ1) is 28.1. The second-order valence-electron chi connectivity index (χ2n) is 9.62. The van der Waals surface area contributed by atoms with Crippen LogP contribution in [0.1, 0.15) is 50.0 Å². The van der Waals surface area contributed by atoms with Crippen molar-refractivity contribution in [1.82, 2.24) is 10.3 Å². The number of thiophene rings is 2. The number of nitrogens with zero attached hydrogens (tertiary/aromatic N) is 2. The minimum absolute atomic E-state index is 0.466. The second kappa shape index (κ2) is 14.8. The molecular formula is C32H36BN3S2. The molecule has 1 N–H and O–H groups in total. The fourth-order valence-corrected chi connectivity index (χ4v) is 6.32. The van der Waals surface area contributed by atoms with Crippen molar-refractivity contribution in [2.75, 3.05) is 6.54 Å². The summed E-state index contributed by atoms with van der Waals surface area (Å²) in [5.74, 6) is 0.466. The van der Waals surface area contributed by atoms with Crippen molar-refractivity contribution in [3.8, 4) is 9.75 Å². The van der Waals surface area contributed by atoms with Crippen molar-refractivity contribution < 1.29 is 0 Å². The highest BCUT2D eigenvalue weighted by atomic mass is 32.1. The standard InChI is InChI=1S/C32H36BN3S2/c1-3-9-26(11-5-4-6-12-29-14-15-32(38-29)31-13-8-17-37-31)27-18-24(2)30(33)23-35-22-28(19-27)36-21-25-10-7-16-34-20-25/h4,6-8,10,13-20,23,26,36H,3,5,9,11-12,21-22H2,1-2H3/b6-4-,27-18+,28-19+,30-24-,35-23?. The average Bonchev–Trinajstić information content (AvgIpc) is 3.63. The Balaban J connectivity index is 1.41. The lowest BCUT2D eigenvalue weighted by Gasteiger charge is -2.19. The number of pyridine rings is 1. The van der Waals surface area contributed by atoms with Crippen LogP contribution in [0.15, 0.2) is 106 Å². The maximum absolute atomic E-state index is 6.32. The van der Waals surface area contributed by atoms with Crippen molar-refractivity contribution >= 4 is 36.7 Å². The van der Waals surface area contributed by atoms with E-state index in [1.54, 1.807) is 23.7 Å². The summed E-state index contributed by atoms with van der Waals surface area (Å²) < 4.78 is 0. The van der Waals surface area contributed by atoms with Crippen LogP contribution in [0.2, 0.25) is 0 Å². The normalized spacial score (nSPS) is 19.7. The Morgan fingerprint density at radius 3 is 2.79 bits per heavy atom. The van der Waals surface area contributed by atoms with E-state index >= 15 is 0 Å². The Bertz CT molecular complexity index is 1300. The first-order valence-corrected chi connectivity index (χ1v) is 15.1. The van der Waals surface area contributed by atoms with Gasteiger partial charge in [0, 0.05) is 45.5 Å². The van der Waals surface area contributed by atoms with Gasteiger partial charge in [0.15, 0.2) is 0 Å². The van der Waals surface area contributed by atoms with Gasteiger partial charge in [-0.15, -0.1) is 22.7 Å². The molecule has 3 aromatic rings. The van der Waals surface area contributed by atoms with E-state index in [1.807, 2.05) is 23.6 Å². The molecule has 38 heavy (non-hydrogen) atoms. The largest absolute Gasteiger partial charge is 0.383 e. The van der Waals surface area contributed by atoms with Crippen molar-refractivity contribution in [2.45, 2.75) is 52.5 Å². The Hall–Kier alpha value is -2.96. The number of allylic oxidation sites excluding steroid dienone is 7. The Kier molecular flexibility index (Phi) is 11.0. The zero-order chi connectivity index (χ0) is 26.6. The van der Waals surface area contributed by atoms with Crippen LogP contribution >= 0.6 is 22.7 Å². The molecule has 1 unspecified atom stereocenters. The van der Waals surface area contributed by atoms with Gasteiger partial charge in [0.05, 0.1) is 6.54 Å². The predicted octanol–water partition coefficient (Wildman–Crippen LogP) is 8.29. The van der Waals surface area contributed by atoms with Crippen LogP contribution < -0.4 is 5.32 Å². The van der Waals surface area contributed by atoms with Crippen LogP contribution in [0.3, 0.4) is 0 Å². The summed E-state index contributed by atoms with van der Waals surface area (Å²) in [4.78, 5) is 13.0. The molecule has 0 saturated heterocycles. The van der Waals surface area contributed by atoms with Crippen LogP contribution in [-0.2, 0) is 13.0 Å². The maximum Gasteiger partial charge on any atom is 0.116 e. The first-order valence-electron chi connectivity index (χ1n) is 13.4. The van der Waals surface area contributed by atoms with Gasteiger partial charge >= 0.3 is 0 Å². The summed E-state index contributed by atoms with van der Waals surface area (Å²) in [6.45, 7) is 5.66. The summed E-state index contributed by atoms with van der Waals surface area (Å²) in [7, 11) is 6.32. The molecule has 194 valence electrons. The lowest BCUT2D eigenvalue weighted by atomic mass is 9.85. The van der Waals surface area contributed by atoms with Gasteiger partial charge < -0.3 is 5.32 Å². The third-order valence-electron chi connectivity index (χ3n) is 6.62. The summed E-state index contributed by atoms with van der Waals surface area (Å²) in [6.07, 6.45) is 20.2.